The van der Waals surface area contributed by atoms with E-state index in [4.69, 9.17) is 4.74 Å². The molecule has 1 saturated carbocycles. The van der Waals surface area contributed by atoms with Crippen molar-refractivity contribution in [3.63, 3.8) is 0 Å². The second-order valence-corrected chi connectivity index (χ2v) is 8.95. The first-order valence-electron chi connectivity index (χ1n) is 9.58. The molecule has 0 aromatic rings. The summed E-state index contributed by atoms with van der Waals surface area (Å²) in [5.41, 5.74) is 3.29. The molecule has 136 valence electrons. The maximum Gasteiger partial charge on any atom is 0.302 e. The van der Waals surface area contributed by atoms with E-state index in [1.54, 1.807) is 6.92 Å². The Morgan fingerprint density at radius 1 is 1.33 bits per heavy atom. The van der Waals surface area contributed by atoms with Gasteiger partial charge in [-0.25, -0.2) is 0 Å². The molecule has 2 heteroatoms. The van der Waals surface area contributed by atoms with Gasteiger partial charge in [-0.3, -0.25) is 4.79 Å². The first-order valence-corrected chi connectivity index (χ1v) is 9.58. The molecular formula is C22H36O2. The van der Waals surface area contributed by atoms with Crippen molar-refractivity contribution in [2.75, 3.05) is 0 Å². The maximum atomic E-state index is 11.7. The normalized spacial score (nSPS) is 35.9. The topological polar surface area (TPSA) is 26.3 Å². The SMILES string of the molecule is CC=C(C)CC[C@H]1C(C)=CC[C@H]2C(C)(C)CCC(OC(C)=O)[C@]12C. The first kappa shape index (κ1) is 19.3. The van der Waals surface area contributed by atoms with Crippen LogP contribution in [0.1, 0.15) is 80.6 Å². The average Bonchev–Trinajstić information content (AvgIpc) is 2.49. The highest BCUT2D eigenvalue weighted by Gasteiger charge is 2.57. The Labute approximate surface area is 148 Å². The van der Waals surface area contributed by atoms with Crippen LogP contribution in [0.25, 0.3) is 0 Å². The smallest absolute Gasteiger partial charge is 0.302 e. The maximum absolute atomic E-state index is 11.7. The highest BCUT2D eigenvalue weighted by molar-refractivity contribution is 5.66. The molecule has 0 aromatic carbocycles. The van der Waals surface area contributed by atoms with Gasteiger partial charge in [0, 0.05) is 12.3 Å². The van der Waals surface area contributed by atoms with Gasteiger partial charge in [0.05, 0.1) is 0 Å². The van der Waals surface area contributed by atoms with Crippen LogP contribution in [-0.2, 0) is 9.53 Å². The third-order valence-corrected chi connectivity index (χ3v) is 7.04. The Balaban J connectivity index is 2.40. The molecule has 0 aliphatic heterocycles. The number of carbonyl (C=O) groups is 1. The average molecular weight is 333 g/mol. The minimum atomic E-state index is -0.129. The van der Waals surface area contributed by atoms with E-state index in [-0.39, 0.29) is 17.5 Å². The predicted octanol–water partition coefficient (Wildman–Crippen LogP) is 6.07. The highest BCUT2D eigenvalue weighted by Crippen LogP contribution is 2.61. The summed E-state index contributed by atoms with van der Waals surface area (Å²) in [7, 11) is 0. The van der Waals surface area contributed by atoms with Crippen molar-refractivity contribution >= 4 is 5.97 Å². The lowest BCUT2D eigenvalue weighted by atomic mass is 9.47. The molecule has 2 aliphatic carbocycles. The molecule has 0 saturated heterocycles. The fourth-order valence-electron chi connectivity index (χ4n) is 5.47. The number of carbonyl (C=O) groups excluding carboxylic acids is 1. The molecule has 0 radical (unpaired) electrons. The molecule has 2 rings (SSSR count). The Bertz CT molecular complexity index is 540. The van der Waals surface area contributed by atoms with Gasteiger partial charge in [0.1, 0.15) is 6.10 Å². The van der Waals surface area contributed by atoms with Crippen LogP contribution < -0.4 is 0 Å². The number of fused-ring (bicyclic) bond motifs is 1. The molecule has 24 heavy (non-hydrogen) atoms. The van der Waals surface area contributed by atoms with Gasteiger partial charge in [-0.15, -0.1) is 0 Å². The Hall–Kier alpha value is -1.05. The van der Waals surface area contributed by atoms with E-state index in [2.05, 4.69) is 53.7 Å². The summed E-state index contributed by atoms with van der Waals surface area (Å²) in [6.45, 7) is 15.4. The van der Waals surface area contributed by atoms with Crippen LogP contribution in [0, 0.1) is 22.7 Å². The van der Waals surface area contributed by atoms with Crippen LogP contribution in [0.5, 0.6) is 0 Å². The van der Waals surface area contributed by atoms with Crippen molar-refractivity contribution in [2.24, 2.45) is 22.7 Å². The van der Waals surface area contributed by atoms with Crippen molar-refractivity contribution in [3.05, 3.63) is 23.3 Å². The van der Waals surface area contributed by atoms with Gasteiger partial charge in [-0.2, -0.15) is 0 Å². The summed E-state index contributed by atoms with van der Waals surface area (Å²) < 4.78 is 5.89. The summed E-state index contributed by atoms with van der Waals surface area (Å²) in [6, 6.07) is 0. The van der Waals surface area contributed by atoms with Crippen LogP contribution in [-0.4, -0.2) is 12.1 Å². The second kappa shape index (κ2) is 7.06. The molecule has 0 aromatic heterocycles. The van der Waals surface area contributed by atoms with Crippen molar-refractivity contribution < 1.29 is 9.53 Å². The molecule has 1 unspecified atom stereocenters. The monoisotopic (exact) mass is 332 g/mol. The van der Waals surface area contributed by atoms with E-state index in [0.29, 0.717) is 17.3 Å². The Kier molecular flexibility index (Phi) is 5.67. The number of hydrogen-bond donors (Lipinski definition) is 0. The third kappa shape index (κ3) is 3.48. The largest absolute Gasteiger partial charge is 0.462 e. The number of esters is 1. The minimum absolute atomic E-state index is 0.0419. The van der Waals surface area contributed by atoms with Crippen molar-refractivity contribution in [3.8, 4) is 0 Å². The van der Waals surface area contributed by atoms with Crippen LogP contribution in [0.3, 0.4) is 0 Å². The molecular weight excluding hydrogens is 296 g/mol. The van der Waals surface area contributed by atoms with Gasteiger partial charge in [0.15, 0.2) is 0 Å². The molecule has 0 bridgehead atoms. The quantitative estimate of drug-likeness (QED) is 0.461. The van der Waals surface area contributed by atoms with Gasteiger partial charge >= 0.3 is 5.97 Å². The summed E-state index contributed by atoms with van der Waals surface area (Å²) >= 11 is 0. The van der Waals surface area contributed by atoms with Crippen molar-refractivity contribution in [2.45, 2.75) is 86.7 Å². The standard InChI is InChI=1S/C22H36O2/c1-8-15(2)9-11-18-16(3)10-12-19-21(5,6)14-13-20(22(18,19)7)24-17(4)23/h8,10,18-20H,9,11-14H2,1-7H3/t18-,19-,20?,22+/m0/s1. The van der Waals surface area contributed by atoms with Crippen LogP contribution >= 0.6 is 0 Å². The van der Waals surface area contributed by atoms with Crippen molar-refractivity contribution in [1.29, 1.82) is 0 Å². The summed E-state index contributed by atoms with van der Waals surface area (Å²) in [5, 5.41) is 0. The van der Waals surface area contributed by atoms with E-state index in [1.165, 1.54) is 11.1 Å². The molecule has 0 spiro atoms. The zero-order chi connectivity index (χ0) is 18.1. The zero-order valence-electron chi connectivity index (χ0n) is 16.7. The highest BCUT2D eigenvalue weighted by atomic mass is 16.5. The van der Waals surface area contributed by atoms with Crippen LogP contribution in [0.4, 0.5) is 0 Å². The summed E-state index contributed by atoms with van der Waals surface area (Å²) in [4.78, 5) is 11.7. The molecule has 4 atom stereocenters. The molecule has 0 N–H and O–H groups in total. The molecule has 1 fully saturated rings. The van der Waals surface area contributed by atoms with E-state index < -0.39 is 0 Å². The number of hydrogen-bond acceptors (Lipinski definition) is 2. The third-order valence-electron chi connectivity index (χ3n) is 7.04. The van der Waals surface area contributed by atoms with Gasteiger partial charge in [-0.05, 0) is 70.1 Å². The predicted molar refractivity (Wildman–Crippen MR) is 101 cm³/mol. The lowest BCUT2D eigenvalue weighted by Crippen LogP contribution is -2.56. The molecule has 2 aliphatic rings. The van der Waals surface area contributed by atoms with E-state index in [1.807, 2.05) is 0 Å². The number of allylic oxidation sites excluding steroid dienone is 4. The van der Waals surface area contributed by atoms with Gasteiger partial charge in [-0.1, -0.05) is 44.1 Å². The molecule has 0 heterocycles. The fourth-order valence-corrected chi connectivity index (χ4v) is 5.47. The van der Waals surface area contributed by atoms with E-state index in [0.717, 1.165) is 32.1 Å². The van der Waals surface area contributed by atoms with E-state index >= 15 is 0 Å². The minimum Gasteiger partial charge on any atom is -0.462 e. The van der Waals surface area contributed by atoms with Crippen molar-refractivity contribution in [1.82, 2.24) is 0 Å². The number of ether oxygens (including phenoxy) is 1. The second-order valence-electron chi connectivity index (χ2n) is 8.95. The van der Waals surface area contributed by atoms with Crippen LogP contribution in [0.2, 0.25) is 0 Å². The summed E-state index contributed by atoms with van der Waals surface area (Å²) in [5.74, 6) is 0.938. The van der Waals surface area contributed by atoms with Gasteiger partial charge < -0.3 is 4.74 Å². The number of rotatable bonds is 4. The fraction of sp³-hybridized carbons (Fsp3) is 0.773. The summed E-state index contributed by atoms with van der Waals surface area (Å²) in [6.07, 6.45) is 10.3. The van der Waals surface area contributed by atoms with Gasteiger partial charge in [0.2, 0.25) is 0 Å². The van der Waals surface area contributed by atoms with E-state index in [9.17, 15) is 4.79 Å². The lowest BCUT2D eigenvalue weighted by molar-refractivity contribution is -0.178. The Morgan fingerprint density at radius 2 is 2.00 bits per heavy atom. The molecule has 2 nitrogen and oxygen atoms in total. The first-order chi connectivity index (χ1) is 11.1. The lowest BCUT2D eigenvalue weighted by Gasteiger charge is -2.59. The molecule has 0 amide bonds. The Morgan fingerprint density at radius 3 is 2.58 bits per heavy atom. The zero-order valence-corrected chi connectivity index (χ0v) is 16.7. The van der Waals surface area contributed by atoms with Crippen LogP contribution in [0.15, 0.2) is 23.3 Å². The van der Waals surface area contributed by atoms with Gasteiger partial charge in [0.25, 0.3) is 0 Å².